The number of amidine groups is 1. The zero-order valence-electron chi connectivity index (χ0n) is 12.8. The quantitative estimate of drug-likeness (QED) is 0.650. The second kappa shape index (κ2) is 6.26. The van der Waals surface area contributed by atoms with E-state index >= 15 is 0 Å². The molecular formula is C19H15ClN4. The number of halogens is 1. The van der Waals surface area contributed by atoms with Crippen LogP contribution >= 0.6 is 11.8 Å². The third-order valence-electron chi connectivity index (χ3n) is 3.74. The lowest BCUT2D eigenvalue weighted by molar-refractivity contribution is 0.481. The van der Waals surface area contributed by atoms with Crippen molar-refractivity contribution in [3.05, 3.63) is 96.6 Å². The van der Waals surface area contributed by atoms with Gasteiger partial charge in [-0.3, -0.25) is 0 Å². The number of rotatable bonds is 3. The van der Waals surface area contributed by atoms with Gasteiger partial charge in [0.25, 0.3) is 0 Å². The Morgan fingerprint density at radius 2 is 1.12 bits per heavy atom. The molecular weight excluding hydrogens is 320 g/mol. The Balaban J connectivity index is 1.84. The highest BCUT2D eigenvalue weighted by molar-refractivity contribution is 6.20. The Morgan fingerprint density at radius 3 is 1.71 bits per heavy atom. The van der Waals surface area contributed by atoms with Gasteiger partial charge in [0.05, 0.1) is 23.2 Å². The molecule has 4 rings (SSSR count). The molecule has 0 atom stereocenters. The van der Waals surface area contributed by atoms with Gasteiger partial charge in [-0.1, -0.05) is 71.4 Å². The van der Waals surface area contributed by atoms with Crippen molar-refractivity contribution in [1.82, 2.24) is 4.64 Å². The highest BCUT2D eigenvalue weighted by Crippen LogP contribution is 2.32. The van der Waals surface area contributed by atoms with Gasteiger partial charge in [0.15, 0.2) is 5.84 Å². The van der Waals surface area contributed by atoms with Crippen molar-refractivity contribution in [2.24, 2.45) is 5.10 Å². The minimum absolute atomic E-state index is 0.764. The third-order valence-corrected chi connectivity index (χ3v) is 3.96. The largest absolute Gasteiger partial charge is 0.212 e. The molecule has 1 aliphatic rings. The average Bonchev–Trinajstić information content (AvgIpc) is 3.01. The Hall–Kier alpha value is -2.98. The predicted octanol–water partition coefficient (Wildman–Crippen LogP) is 4.66. The van der Waals surface area contributed by atoms with Crippen LogP contribution in [-0.2, 0) is 0 Å². The topological polar surface area (TPSA) is 22.1 Å². The van der Waals surface area contributed by atoms with Crippen LogP contribution in [0.5, 0.6) is 0 Å². The molecule has 1 aliphatic heterocycles. The summed E-state index contributed by atoms with van der Waals surface area (Å²) in [5.41, 5.74) is 2.89. The van der Waals surface area contributed by atoms with Gasteiger partial charge < -0.3 is 0 Å². The van der Waals surface area contributed by atoms with E-state index in [0.717, 1.165) is 22.8 Å². The van der Waals surface area contributed by atoms with E-state index in [9.17, 15) is 0 Å². The summed E-state index contributed by atoms with van der Waals surface area (Å²) in [7, 11) is 0. The summed E-state index contributed by atoms with van der Waals surface area (Å²) in [5, 5.41) is 8.37. The molecule has 24 heavy (non-hydrogen) atoms. The SMILES string of the molecule is ClN1N=C(c2ccccc2)N(c2ccccc2)N1c1ccccc1. The van der Waals surface area contributed by atoms with Gasteiger partial charge in [0.1, 0.15) is 0 Å². The van der Waals surface area contributed by atoms with Crippen molar-refractivity contribution < 1.29 is 0 Å². The fourth-order valence-electron chi connectivity index (χ4n) is 2.67. The molecule has 0 saturated heterocycles. The van der Waals surface area contributed by atoms with E-state index in [1.54, 1.807) is 0 Å². The molecule has 0 fully saturated rings. The van der Waals surface area contributed by atoms with Crippen molar-refractivity contribution in [2.45, 2.75) is 0 Å². The van der Waals surface area contributed by atoms with Crippen LogP contribution in [0.1, 0.15) is 5.56 Å². The van der Waals surface area contributed by atoms with Crippen LogP contribution in [0.4, 0.5) is 11.4 Å². The number of benzene rings is 3. The third kappa shape index (κ3) is 2.57. The number of anilines is 2. The first-order valence-electron chi connectivity index (χ1n) is 7.65. The summed E-state index contributed by atoms with van der Waals surface area (Å²) in [6.07, 6.45) is 0. The molecule has 4 nitrogen and oxygen atoms in total. The smallest absolute Gasteiger partial charge is 0.184 e. The minimum Gasteiger partial charge on any atom is -0.212 e. The lowest BCUT2D eigenvalue weighted by Crippen LogP contribution is -2.45. The fraction of sp³-hybridized carbons (Fsp3) is 0. The number of hydrazine groups is 2. The molecule has 0 amide bonds. The summed E-state index contributed by atoms with van der Waals surface area (Å²) in [6.45, 7) is 0. The van der Waals surface area contributed by atoms with E-state index in [4.69, 9.17) is 11.8 Å². The van der Waals surface area contributed by atoms with E-state index in [-0.39, 0.29) is 0 Å². The maximum atomic E-state index is 6.43. The molecule has 0 aliphatic carbocycles. The normalized spacial score (nSPS) is 14.0. The van der Waals surface area contributed by atoms with E-state index in [0.29, 0.717) is 0 Å². The molecule has 0 bridgehead atoms. The van der Waals surface area contributed by atoms with Crippen LogP contribution in [0.3, 0.4) is 0 Å². The standard InChI is InChI=1S/C19H15ClN4/c20-24-21-19(16-10-4-1-5-11-16)22(17-12-6-2-7-13-17)23(24)18-14-8-3-9-15-18/h1-15H. The summed E-state index contributed by atoms with van der Waals surface area (Å²) >= 11 is 6.43. The number of hydrazone groups is 1. The zero-order chi connectivity index (χ0) is 16.4. The second-order valence-electron chi connectivity index (χ2n) is 5.30. The molecule has 1 heterocycles. The van der Waals surface area contributed by atoms with Crippen LogP contribution in [0.2, 0.25) is 0 Å². The van der Waals surface area contributed by atoms with Crippen molar-refractivity contribution >= 4 is 29.0 Å². The van der Waals surface area contributed by atoms with Crippen molar-refractivity contribution in [3.8, 4) is 0 Å². The number of nitrogens with zero attached hydrogens (tertiary/aromatic N) is 4. The summed E-state index contributed by atoms with van der Waals surface area (Å²) in [4.78, 5) is 0. The monoisotopic (exact) mass is 334 g/mol. The van der Waals surface area contributed by atoms with Crippen molar-refractivity contribution in [1.29, 1.82) is 0 Å². The highest BCUT2D eigenvalue weighted by atomic mass is 35.5. The molecule has 118 valence electrons. The molecule has 0 spiro atoms. The average molecular weight is 335 g/mol. The van der Waals surface area contributed by atoms with E-state index in [1.165, 1.54) is 4.64 Å². The van der Waals surface area contributed by atoms with Crippen LogP contribution in [0, 0.1) is 0 Å². The van der Waals surface area contributed by atoms with Gasteiger partial charge in [-0.2, -0.15) is 5.12 Å². The van der Waals surface area contributed by atoms with Gasteiger partial charge in [-0.25, -0.2) is 5.01 Å². The molecule has 5 heteroatoms. The second-order valence-corrected chi connectivity index (χ2v) is 5.60. The van der Waals surface area contributed by atoms with Crippen LogP contribution < -0.4 is 10.1 Å². The van der Waals surface area contributed by atoms with Gasteiger partial charge >= 0.3 is 0 Å². The van der Waals surface area contributed by atoms with Crippen LogP contribution in [0.15, 0.2) is 96.1 Å². The van der Waals surface area contributed by atoms with Gasteiger partial charge in [-0.05, 0) is 24.3 Å². The Kier molecular flexibility index (Phi) is 3.81. The summed E-state index contributed by atoms with van der Waals surface area (Å²) < 4.78 is 1.34. The molecule has 0 saturated carbocycles. The molecule has 0 unspecified atom stereocenters. The van der Waals surface area contributed by atoms with E-state index < -0.39 is 0 Å². The van der Waals surface area contributed by atoms with Crippen LogP contribution in [0.25, 0.3) is 0 Å². The lowest BCUT2D eigenvalue weighted by Gasteiger charge is -2.32. The van der Waals surface area contributed by atoms with Gasteiger partial charge in [-0.15, -0.1) is 5.10 Å². The first-order valence-corrected chi connectivity index (χ1v) is 7.98. The van der Waals surface area contributed by atoms with Crippen molar-refractivity contribution in [2.75, 3.05) is 10.1 Å². The fourth-order valence-corrected chi connectivity index (χ4v) is 2.89. The minimum atomic E-state index is 0.764. The maximum Gasteiger partial charge on any atom is 0.184 e. The van der Waals surface area contributed by atoms with Gasteiger partial charge in [0, 0.05) is 5.56 Å². The number of para-hydroxylation sites is 2. The highest BCUT2D eigenvalue weighted by Gasteiger charge is 2.34. The Bertz CT molecular complexity index is 837. The molecule has 0 radical (unpaired) electrons. The zero-order valence-corrected chi connectivity index (χ0v) is 13.6. The molecule has 0 N–H and O–H groups in total. The predicted molar refractivity (Wildman–Crippen MR) is 98.5 cm³/mol. The lowest BCUT2D eigenvalue weighted by atomic mass is 10.2. The molecule has 3 aromatic carbocycles. The van der Waals surface area contributed by atoms with E-state index in [1.807, 2.05) is 101 Å². The molecule has 0 aromatic heterocycles. The van der Waals surface area contributed by atoms with Crippen molar-refractivity contribution in [3.63, 3.8) is 0 Å². The first kappa shape index (κ1) is 14.6. The summed E-state index contributed by atoms with van der Waals surface area (Å²) in [6, 6.07) is 30.0. The Labute approximate surface area is 145 Å². The number of hydrogen-bond donors (Lipinski definition) is 0. The summed E-state index contributed by atoms with van der Waals surface area (Å²) in [5.74, 6) is 0.764. The number of hydrogen-bond acceptors (Lipinski definition) is 4. The Morgan fingerprint density at radius 1 is 0.625 bits per heavy atom. The van der Waals surface area contributed by atoms with E-state index in [2.05, 4.69) is 5.10 Å². The maximum absolute atomic E-state index is 6.43. The molecule has 3 aromatic rings. The first-order chi connectivity index (χ1) is 11.8. The van der Waals surface area contributed by atoms with Crippen LogP contribution in [-0.4, -0.2) is 10.5 Å². The van der Waals surface area contributed by atoms with Gasteiger partial charge in [0.2, 0.25) is 0 Å².